The van der Waals surface area contributed by atoms with Gasteiger partial charge in [-0.25, -0.2) is 8.78 Å². The molecule has 1 aliphatic heterocycles. The molecule has 0 N–H and O–H groups in total. The number of nitrogens with zero attached hydrogens (tertiary/aromatic N) is 1. The predicted molar refractivity (Wildman–Crippen MR) is 80.9 cm³/mol. The quantitative estimate of drug-likeness (QED) is 0.855. The van der Waals surface area contributed by atoms with Gasteiger partial charge in [0, 0.05) is 41.3 Å². The number of benzene rings is 1. The fourth-order valence-corrected chi connectivity index (χ4v) is 4.49. The molecule has 2 aliphatic rings. The lowest BCUT2D eigenvalue weighted by Crippen LogP contribution is -2.42. The number of amides is 1. The van der Waals surface area contributed by atoms with Crippen LogP contribution in [0.25, 0.3) is 0 Å². The van der Waals surface area contributed by atoms with Crippen molar-refractivity contribution in [2.45, 2.75) is 31.2 Å². The molecule has 0 unspecified atom stereocenters. The van der Waals surface area contributed by atoms with Crippen LogP contribution in [0, 0.1) is 17.6 Å². The largest absolute Gasteiger partial charge is 0.342 e. The number of hydrogen-bond acceptors (Lipinski definition) is 2. The number of hydrogen-bond donors (Lipinski definition) is 0. The third-order valence-electron chi connectivity index (χ3n) is 4.72. The Kier molecular flexibility index (Phi) is 4.30. The summed E-state index contributed by atoms with van der Waals surface area (Å²) in [7, 11) is 1.01. The van der Waals surface area contributed by atoms with Gasteiger partial charge in [-0.3, -0.25) is 9.00 Å². The SMILES string of the molecule is CN(C(=O)[C@@H]1C[C@@H]1c1cc(F)ccc1F)C1CCS(=O)CC1. The van der Waals surface area contributed by atoms with E-state index in [0.717, 1.165) is 25.0 Å². The van der Waals surface area contributed by atoms with Crippen molar-refractivity contribution in [2.24, 2.45) is 5.92 Å². The van der Waals surface area contributed by atoms with Crippen LogP contribution in [0.4, 0.5) is 8.78 Å². The van der Waals surface area contributed by atoms with Gasteiger partial charge in [-0.15, -0.1) is 0 Å². The summed E-state index contributed by atoms with van der Waals surface area (Å²) in [6.07, 6.45) is 2.07. The Morgan fingerprint density at radius 2 is 1.95 bits per heavy atom. The second-order valence-electron chi connectivity index (χ2n) is 6.14. The lowest BCUT2D eigenvalue weighted by molar-refractivity contribution is -0.133. The van der Waals surface area contributed by atoms with Crippen LogP contribution >= 0.6 is 0 Å². The molecule has 1 saturated carbocycles. The van der Waals surface area contributed by atoms with E-state index in [1.54, 1.807) is 11.9 Å². The fraction of sp³-hybridized carbons (Fsp3) is 0.562. The molecule has 3 rings (SSSR count). The molecule has 1 aromatic rings. The molecule has 1 heterocycles. The maximum atomic E-state index is 13.8. The summed E-state index contributed by atoms with van der Waals surface area (Å²) >= 11 is 0. The van der Waals surface area contributed by atoms with Crippen molar-refractivity contribution in [3.05, 3.63) is 35.4 Å². The van der Waals surface area contributed by atoms with Gasteiger partial charge < -0.3 is 4.90 Å². The van der Waals surface area contributed by atoms with Crippen LogP contribution in [0.3, 0.4) is 0 Å². The van der Waals surface area contributed by atoms with Gasteiger partial charge in [-0.2, -0.15) is 0 Å². The van der Waals surface area contributed by atoms with E-state index in [-0.39, 0.29) is 23.8 Å². The molecule has 1 saturated heterocycles. The first-order valence-electron chi connectivity index (χ1n) is 7.54. The fourth-order valence-electron chi connectivity index (χ4n) is 3.22. The van der Waals surface area contributed by atoms with E-state index in [9.17, 15) is 17.8 Å². The molecule has 22 heavy (non-hydrogen) atoms. The molecule has 0 bridgehead atoms. The second kappa shape index (κ2) is 6.07. The van der Waals surface area contributed by atoms with Gasteiger partial charge >= 0.3 is 0 Å². The summed E-state index contributed by atoms with van der Waals surface area (Å²) in [5, 5.41) is 0. The molecular weight excluding hydrogens is 308 g/mol. The van der Waals surface area contributed by atoms with Crippen LogP contribution in [0.15, 0.2) is 18.2 Å². The van der Waals surface area contributed by atoms with E-state index in [4.69, 9.17) is 0 Å². The van der Waals surface area contributed by atoms with Crippen molar-refractivity contribution in [2.75, 3.05) is 18.6 Å². The van der Waals surface area contributed by atoms with Gasteiger partial charge in [0.05, 0.1) is 0 Å². The van der Waals surface area contributed by atoms with E-state index in [0.29, 0.717) is 23.5 Å². The molecule has 0 radical (unpaired) electrons. The molecule has 1 aromatic carbocycles. The highest BCUT2D eigenvalue weighted by atomic mass is 32.2. The smallest absolute Gasteiger partial charge is 0.226 e. The van der Waals surface area contributed by atoms with E-state index in [1.807, 2.05) is 0 Å². The number of carbonyl (C=O) groups excluding carboxylic acids is 1. The monoisotopic (exact) mass is 327 g/mol. The van der Waals surface area contributed by atoms with Gasteiger partial charge in [0.1, 0.15) is 11.6 Å². The molecule has 120 valence electrons. The first-order chi connectivity index (χ1) is 10.5. The first kappa shape index (κ1) is 15.6. The Hall–Kier alpha value is -1.30. The molecule has 1 aliphatic carbocycles. The molecular formula is C16H19F2NO2S. The zero-order valence-electron chi connectivity index (χ0n) is 12.4. The van der Waals surface area contributed by atoms with Gasteiger partial charge in [0.15, 0.2) is 0 Å². The van der Waals surface area contributed by atoms with Crippen molar-refractivity contribution < 1.29 is 17.8 Å². The van der Waals surface area contributed by atoms with Crippen LogP contribution in [-0.4, -0.2) is 39.6 Å². The molecule has 3 nitrogen and oxygen atoms in total. The third kappa shape index (κ3) is 3.07. The van der Waals surface area contributed by atoms with Crippen molar-refractivity contribution in [3.63, 3.8) is 0 Å². The standard InChI is InChI=1S/C16H19F2NO2S/c1-19(11-4-6-22(21)7-5-11)16(20)14-9-12(14)13-8-10(17)2-3-15(13)18/h2-3,8,11-12,14H,4-7,9H2,1H3/t11?,12-,14-,22?/m1/s1. The van der Waals surface area contributed by atoms with E-state index < -0.39 is 22.4 Å². The minimum Gasteiger partial charge on any atom is -0.342 e. The number of carbonyl (C=O) groups is 1. The van der Waals surface area contributed by atoms with Crippen LogP contribution in [0.5, 0.6) is 0 Å². The predicted octanol–water partition coefficient (Wildman–Crippen LogP) is 2.44. The van der Waals surface area contributed by atoms with Crippen molar-refractivity contribution in [1.29, 1.82) is 0 Å². The van der Waals surface area contributed by atoms with Crippen molar-refractivity contribution in [1.82, 2.24) is 4.90 Å². The zero-order valence-corrected chi connectivity index (χ0v) is 13.2. The molecule has 0 spiro atoms. The summed E-state index contributed by atoms with van der Waals surface area (Å²) < 4.78 is 38.4. The lowest BCUT2D eigenvalue weighted by Gasteiger charge is -2.31. The van der Waals surface area contributed by atoms with Crippen LogP contribution in [-0.2, 0) is 15.6 Å². The van der Waals surface area contributed by atoms with Gasteiger partial charge in [-0.1, -0.05) is 0 Å². The highest BCUT2D eigenvalue weighted by Gasteiger charge is 2.47. The normalized spacial score (nSPS) is 30.9. The van der Waals surface area contributed by atoms with Crippen molar-refractivity contribution >= 4 is 16.7 Å². The van der Waals surface area contributed by atoms with Crippen LogP contribution in [0.2, 0.25) is 0 Å². The average Bonchev–Trinajstić information content (AvgIpc) is 3.29. The second-order valence-corrected chi connectivity index (χ2v) is 7.84. The Bertz CT molecular complexity index is 612. The summed E-state index contributed by atoms with van der Waals surface area (Å²) in [4.78, 5) is 14.2. The minimum absolute atomic E-state index is 0.00802. The highest BCUT2D eigenvalue weighted by Crippen LogP contribution is 2.49. The maximum absolute atomic E-state index is 13.8. The molecule has 0 aromatic heterocycles. The minimum atomic E-state index is -0.757. The number of halogens is 2. The highest BCUT2D eigenvalue weighted by molar-refractivity contribution is 7.85. The summed E-state index contributed by atoms with van der Waals surface area (Å²) in [5.41, 5.74) is 0.302. The third-order valence-corrected chi connectivity index (χ3v) is 6.10. The Morgan fingerprint density at radius 3 is 2.64 bits per heavy atom. The topological polar surface area (TPSA) is 37.4 Å². The van der Waals surface area contributed by atoms with Crippen molar-refractivity contribution in [3.8, 4) is 0 Å². The van der Waals surface area contributed by atoms with Crippen LogP contribution in [0.1, 0.15) is 30.7 Å². The summed E-state index contributed by atoms with van der Waals surface area (Å²) in [5.74, 6) is -0.137. The van der Waals surface area contributed by atoms with Crippen LogP contribution < -0.4 is 0 Å². The van der Waals surface area contributed by atoms with E-state index >= 15 is 0 Å². The Balaban J connectivity index is 1.65. The number of rotatable bonds is 3. The molecule has 6 heteroatoms. The maximum Gasteiger partial charge on any atom is 0.226 e. The Labute approximate surface area is 131 Å². The summed E-state index contributed by atoms with van der Waals surface area (Å²) in [6.45, 7) is 0. The zero-order chi connectivity index (χ0) is 15.9. The molecule has 1 amide bonds. The average molecular weight is 327 g/mol. The van der Waals surface area contributed by atoms with Gasteiger partial charge in [-0.05, 0) is 48.9 Å². The summed E-state index contributed by atoms with van der Waals surface area (Å²) in [6, 6.07) is 3.51. The molecule has 2 fully saturated rings. The van der Waals surface area contributed by atoms with Gasteiger partial charge in [0.25, 0.3) is 0 Å². The molecule has 2 atom stereocenters. The Morgan fingerprint density at radius 1 is 1.27 bits per heavy atom. The van der Waals surface area contributed by atoms with E-state index in [1.165, 1.54) is 6.07 Å². The van der Waals surface area contributed by atoms with Gasteiger partial charge in [0.2, 0.25) is 5.91 Å². The first-order valence-corrected chi connectivity index (χ1v) is 9.02. The lowest BCUT2D eigenvalue weighted by atomic mass is 10.1. The van der Waals surface area contributed by atoms with E-state index in [2.05, 4.69) is 0 Å².